The third-order valence-electron chi connectivity index (χ3n) is 6.36. The summed E-state index contributed by atoms with van der Waals surface area (Å²) in [5.74, 6) is -2.59. The molecular formula is C26H21FN2O5. The first-order chi connectivity index (χ1) is 16.4. The Balaban J connectivity index is 1.32. The van der Waals surface area contributed by atoms with Gasteiger partial charge in [0.05, 0.1) is 11.3 Å². The van der Waals surface area contributed by atoms with E-state index in [2.05, 4.69) is 5.32 Å². The van der Waals surface area contributed by atoms with Crippen molar-refractivity contribution in [1.82, 2.24) is 4.90 Å². The second kappa shape index (κ2) is 8.62. The number of nitrogens with one attached hydrogen (secondary N) is 1. The van der Waals surface area contributed by atoms with Gasteiger partial charge in [-0.05, 0) is 46.9 Å². The lowest BCUT2D eigenvalue weighted by atomic mass is 9.98. The van der Waals surface area contributed by atoms with Crippen LogP contribution in [0, 0.1) is 5.82 Å². The number of anilines is 1. The quantitative estimate of drug-likeness (QED) is 0.585. The third-order valence-corrected chi connectivity index (χ3v) is 6.36. The Morgan fingerprint density at radius 1 is 1.00 bits per heavy atom. The highest BCUT2D eigenvalue weighted by molar-refractivity contribution is 6.04. The molecule has 2 N–H and O–H groups in total. The van der Waals surface area contributed by atoms with E-state index in [0.717, 1.165) is 39.3 Å². The molecule has 0 bridgehead atoms. The normalized spacial score (nSPS) is 16.3. The van der Waals surface area contributed by atoms with Gasteiger partial charge in [0.25, 0.3) is 5.91 Å². The van der Waals surface area contributed by atoms with Gasteiger partial charge < -0.3 is 14.7 Å². The van der Waals surface area contributed by atoms with Crippen LogP contribution < -0.4 is 5.32 Å². The van der Waals surface area contributed by atoms with Crippen LogP contribution in [-0.2, 0) is 9.53 Å². The fourth-order valence-corrected chi connectivity index (χ4v) is 4.59. The molecule has 1 aliphatic heterocycles. The first-order valence-corrected chi connectivity index (χ1v) is 10.9. The van der Waals surface area contributed by atoms with Crippen LogP contribution in [0.1, 0.15) is 33.8 Å². The molecule has 0 aromatic heterocycles. The fraction of sp³-hybridized carbons (Fsp3) is 0.192. The summed E-state index contributed by atoms with van der Waals surface area (Å²) in [6.45, 7) is 0.328. The zero-order valence-electron chi connectivity index (χ0n) is 18.0. The number of carboxylic acid groups (broad SMARTS) is 1. The summed E-state index contributed by atoms with van der Waals surface area (Å²) in [7, 11) is 0. The molecule has 3 aromatic carbocycles. The van der Waals surface area contributed by atoms with Crippen LogP contribution in [0.5, 0.6) is 0 Å². The van der Waals surface area contributed by atoms with Gasteiger partial charge in [-0.3, -0.25) is 10.1 Å². The highest BCUT2D eigenvalue weighted by Crippen LogP contribution is 2.44. The van der Waals surface area contributed by atoms with E-state index in [1.54, 1.807) is 0 Å². The number of ether oxygens (including phenoxy) is 1. The topological polar surface area (TPSA) is 95.9 Å². The van der Waals surface area contributed by atoms with Gasteiger partial charge >= 0.3 is 12.1 Å². The Labute approximate surface area is 194 Å². The van der Waals surface area contributed by atoms with Gasteiger partial charge in [0.15, 0.2) is 0 Å². The first kappa shape index (κ1) is 21.6. The molecule has 7 nitrogen and oxygen atoms in total. The monoisotopic (exact) mass is 460 g/mol. The Hall–Kier alpha value is -4.20. The van der Waals surface area contributed by atoms with E-state index < -0.39 is 29.8 Å². The number of hydrogen-bond acceptors (Lipinski definition) is 4. The summed E-state index contributed by atoms with van der Waals surface area (Å²) in [4.78, 5) is 37.9. The number of likely N-dealkylation sites (tertiary alicyclic amines) is 1. The van der Waals surface area contributed by atoms with E-state index in [9.17, 15) is 23.9 Å². The molecule has 0 saturated carbocycles. The summed E-state index contributed by atoms with van der Waals surface area (Å²) in [5.41, 5.74) is 4.25. The number of nitrogens with zero attached hydrogens (tertiary/aromatic N) is 1. The van der Waals surface area contributed by atoms with Crippen molar-refractivity contribution in [3.05, 3.63) is 89.2 Å². The van der Waals surface area contributed by atoms with Crippen molar-refractivity contribution in [3.8, 4) is 11.1 Å². The van der Waals surface area contributed by atoms with Crippen LogP contribution in [0.3, 0.4) is 0 Å². The Morgan fingerprint density at radius 3 is 2.24 bits per heavy atom. The number of carbonyl (C=O) groups is 3. The van der Waals surface area contributed by atoms with Gasteiger partial charge in [-0.1, -0.05) is 48.5 Å². The summed E-state index contributed by atoms with van der Waals surface area (Å²) in [6, 6.07) is 18.3. The van der Waals surface area contributed by atoms with Gasteiger partial charge in [0.1, 0.15) is 18.5 Å². The highest BCUT2D eigenvalue weighted by atomic mass is 19.1. The number of benzene rings is 3. The van der Waals surface area contributed by atoms with Crippen molar-refractivity contribution >= 4 is 23.7 Å². The van der Waals surface area contributed by atoms with Crippen LogP contribution in [-0.4, -0.2) is 47.2 Å². The van der Waals surface area contributed by atoms with Crippen molar-refractivity contribution in [2.24, 2.45) is 0 Å². The maximum atomic E-state index is 13.9. The molecule has 5 rings (SSSR count). The molecule has 0 spiro atoms. The zero-order chi connectivity index (χ0) is 23.8. The number of aliphatic carboxylic acids is 1. The average Bonchev–Trinajstić information content (AvgIpc) is 3.11. The number of halogens is 1. The molecule has 3 aromatic rings. The van der Waals surface area contributed by atoms with Gasteiger partial charge in [-0.25, -0.2) is 14.0 Å². The molecule has 2 aliphatic rings. The predicted octanol–water partition coefficient (Wildman–Crippen LogP) is 4.49. The minimum absolute atomic E-state index is 0.0552. The fourth-order valence-electron chi connectivity index (χ4n) is 4.59. The maximum Gasteiger partial charge on any atom is 0.411 e. The van der Waals surface area contributed by atoms with Crippen molar-refractivity contribution in [3.63, 3.8) is 0 Å². The van der Waals surface area contributed by atoms with Crippen molar-refractivity contribution in [2.75, 3.05) is 18.5 Å². The van der Waals surface area contributed by atoms with E-state index in [1.165, 1.54) is 6.07 Å². The maximum absolute atomic E-state index is 13.9. The molecule has 2 amide bonds. The molecule has 1 heterocycles. The number of rotatable bonds is 5. The lowest BCUT2D eigenvalue weighted by molar-refractivity contribution is -0.146. The summed E-state index contributed by atoms with van der Waals surface area (Å²) in [6.07, 6.45) is -0.466. The number of fused-ring (bicyclic) bond motifs is 3. The lowest BCUT2D eigenvalue weighted by Gasteiger charge is -2.38. The van der Waals surface area contributed by atoms with Gasteiger partial charge in [-0.15, -0.1) is 0 Å². The Bertz CT molecular complexity index is 1260. The number of carboxylic acids is 1. The second-order valence-electron chi connectivity index (χ2n) is 8.28. The zero-order valence-corrected chi connectivity index (χ0v) is 18.0. The largest absolute Gasteiger partial charge is 0.480 e. The number of carbonyl (C=O) groups excluding carboxylic acids is 2. The molecule has 1 unspecified atom stereocenters. The number of amides is 2. The third kappa shape index (κ3) is 3.77. The minimum atomic E-state index is -1.12. The van der Waals surface area contributed by atoms with E-state index in [-0.39, 0.29) is 30.3 Å². The molecule has 0 radical (unpaired) electrons. The summed E-state index contributed by atoms with van der Waals surface area (Å²) in [5, 5.41) is 11.7. The van der Waals surface area contributed by atoms with Crippen LogP contribution in [0.2, 0.25) is 0 Å². The van der Waals surface area contributed by atoms with E-state index in [0.29, 0.717) is 6.42 Å². The van der Waals surface area contributed by atoms with Crippen molar-refractivity contribution in [2.45, 2.75) is 18.4 Å². The lowest BCUT2D eigenvalue weighted by Crippen LogP contribution is -2.55. The average molecular weight is 460 g/mol. The van der Waals surface area contributed by atoms with Crippen LogP contribution in [0.4, 0.5) is 14.9 Å². The summed E-state index contributed by atoms with van der Waals surface area (Å²) >= 11 is 0. The van der Waals surface area contributed by atoms with Gasteiger partial charge in [0, 0.05) is 12.5 Å². The molecule has 34 heavy (non-hydrogen) atoms. The SMILES string of the molecule is O=C(Nc1ccc(F)cc1C(=O)N1CCC1C(=O)O)OCC1c2ccccc2-c2ccccc21. The standard InChI is InChI=1S/C26H21FN2O5/c27-15-9-10-22(20(13-15)24(30)29-12-11-23(29)25(31)32)28-26(33)34-14-21-18-7-3-1-5-16(18)17-6-2-4-8-19(17)21/h1-10,13,21,23H,11-12,14H2,(H,28,33)(H,31,32). The predicted molar refractivity (Wildman–Crippen MR) is 122 cm³/mol. The molecular weight excluding hydrogens is 439 g/mol. The van der Waals surface area contributed by atoms with Crippen molar-refractivity contribution < 1.29 is 28.6 Å². The Morgan fingerprint density at radius 2 is 1.65 bits per heavy atom. The molecule has 172 valence electrons. The van der Waals surface area contributed by atoms with Gasteiger partial charge in [0.2, 0.25) is 0 Å². The van der Waals surface area contributed by atoms with Crippen LogP contribution in [0.25, 0.3) is 11.1 Å². The van der Waals surface area contributed by atoms with Crippen LogP contribution >= 0.6 is 0 Å². The number of hydrogen-bond donors (Lipinski definition) is 2. The van der Waals surface area contributed by atoms with Crippen molar-refractivity contribution in [1.29, 1.82) is 0 Å². The highest BCUT2D eigenvalue weighted by Gasteiger charge is 2.39. The molecule has 1 aliphatic carbocycles. The second-order valence-corrected chi connectivity index (χ2v) is 8.28. The van der Waals surface area contributed by atoms with E-state index in [1.807, 2.05) is 48.5 Å². The summed E-state index contributed by atoms with van der Waals surface area (Å²) < 4.78 is 19.4. The first-order valence-electron chi connectivity index (χ1n) is 10.9. The van der Waals surface area contributed by atoms with E-state index >= 15 is 0 Å². The smallest absolute Gasteiger partial charge is 0.411 e. The van der Waals surface area contributed by atoms with Crippen LogP contribution in [0.15, 0.2) is 66.7 Å². The molecule has 1 fully saturated rings. The van der Waals surface area contributed by atoms with E-state index in [4.69, 9.17) is 4.74 Å². The molecule has 8 heteroatoms. The van der Waals surface area contributed by atoms with Gasteiger partial charge in [-0.2, -0.15) is 0 Å². The molecule has 1 atom stereocenters. The Kier molecular flexibility index (Phi) is 5.49. The minimum Gasteiger partial charge on any atom is -0.480 e. The molecule has 1 saturated heterocycles.